The number of benzene rings is 1. The monoisotopic (exact) mass is 298 g/mol. The molecule has 0 aliphatic heterocycles. The van der Waals surface area contributed by atoms with Gasteiger partial charge in [0.1, 0.15) is 0 Å². The van der Waals surface area contributed by atoms with E-state index in [1.165, 1.54) is 17.2 Å². The second kappa shape index (κ2) is 7.53. The summed E-state index contributed by atoms with van der Waals surface area (Å²) in [4.78, 5) is 24.8. The first-order chi connectivity index (χ1) is 10.6. The Bertz CT molecular complexity index is 608. The van der Waals surface area contributed by atoms with Gasteiger partial charge in [-0.1, -0.05) is 33.6 Å². The first-order valence-corrected chi connectivity index (χ1v) is 8.57. The molecule has 1 aromatic rings. The summed E-state index contributed by atoms with van der Waals surface area (Å²) < 4.78 is 0. The van der Waals surface area contributed by atoms with E-state index in [4.69, 9.17) is 0 Å². The SMILES string of the molecule is CCCCc1cc2c(cc1CCCC)C(=O)C(CC)=CC2=O. The van der Waals surface area contributed by atoms with Crippen LogP contribution in [0.4, 0.5) is 0 Å². The van der Waals surface area contributed by atoms with E-state index >= 15 is 0 Å². The zero-order valence-corrected chi connectivity index (χ0v) is 14.0. The molecule has 0 radical (unpaired) electrons. The lowest BCUT2D eigenvalue weighted by atomic mass is 9.84. The Labute approximate surface area is 133 Å². The van der Waals surface area contributed by atoms with Gasteiger partial charge in [-0.2, -0.15) is 0 Å². The molecule has 0 spiro atoms. The highest BCUT2D eigenvalue weighted by molar-refractivity contribution is 6.24. The van der Waals surface area contributed by atoms with Crippen LogP contribution in [0.5, 0.6) is 0 Å². The van der Waals surface area contributed by atoms with Gasteiger partial charge in [0.15, 0.2) is 11.6 Å². The number of unbranched alkanes of at least 4 members (excludes halogenated alkanes) is 2. The molecular weight excluding hydrogens is 272 g/mol. The van der Waals surface area contributed by atoms with Crippen molar-refractivity contribution in [1.29, 1.82) is 0 Å². The van der Waals surface area contributed by atoms with Gasteiger partial charge in [-0.25, -0.2) is 0 Å². The van der Waals surface area contributed by atoms with Gasteiger partial charge in [0.25, 0.3) is 0 Å². The summed E-state index contributed by atoms with van der Waals surface area (Å²) in [6.07, 6.45) is 8.65. The van der Waals surface area contributed by atoms with E-state index in [1.54, 1.807) is 0 Å². The number of allylic oxidation sites excluding steroid dienone is 2. The average molecular weight is 298 g/mol. The normalized spacial score (nSPS) is 14.0. The minimum atomic E-state index is -0.00811. The summed E-state index contributed by atoms with van der Waals surface area (Å²) in [5, 5.41) is 0. The molecule has 0 bridgehead atoms. The summed E-state index contributed by atoms with van der Waals surface area (Å²) in [5.74, 6) is 0.0307. The largest absolute Gasteiger partial charge is 0.289 e. The average Bonchev–Trinajstić information content (AvgIpc) is 2.53. The highest BCUT2D eigenvalue weighted by Gasteiger charge is 2.25. The highest BCUT2D eigenvalue weighted by atomic mass is 16.1. The Morgan fingerprint density at radius 3 is 1.86 bits per heavy atom. The minimum absolute atomic E-state index is 0.00811. The molecule has 0 atom stereocenters. The van der Waals surface area contributed by atoms with Gasteiger partial charge in [0.05, 0.1) is 0 Å². The lowest BCUT2D eigenvalue weighted by Crippen LogP contribution is -2.18. The number of carbonyl (C=O) groups excluding carboxylic acids is 2. The van der Waals surface area contributed by atoms with E-state index in [0.29, 0.717) is 23.1 Å². The summed E-state index contributed by atoms with van der Waals surface area (Å²) in [7, 11) is 0. The fraction of sp³-hybridized carbons (Fsp3) is 0.500. The van der Waals surface area contributed by atoms with Gasteiger partial charge in [0.2, 0.25) is 0 Å². The van der Waals surface area contributed by atoms with E-state index < -0.39 is 0 Å². The second-order valence-corrected chi connectivity index (χ2v) is 6.09. The highest BCUT2D eigenvalue weighted by Crippen LogP contribution is 2.28. The Kier molecular flexibility index (Phi) is 5.70. The predicted octanol–water partition coefficient (Wildman–Crippen LogP) is 5.09. The van der Waals surface area contributed by atoms with Crippen molar-refractivity contribution in [3.05, 3.63) is 46.0 Å². The van der Waals surface area contributed by atoms with E-state index in [0.717, 1.165) is 38.5 Å². The van der Waals surface area contributed by atoms with Crippen LogP contribution < -0.4 is 0 Å². The number of hydrogen-bond donors (Lipinski definition) is 0. The minimum Gasteiger partial charge on any atom is -0.289 e. The Morgan fingerprint density at radius 2 is 1.36 bits per heavy atom. The van der Waals surface area contributed by atoms with Gasteiger partial charge in [-0.05, 0) is 61.4 Å². The third-order valence-corrected chi connectivity index (χ3v) is 4.43. The van der Waals surface area contributed by atoms with Crippen molar-refractivity contribution in [2.45, 2.75) is 65.7 Å². The molecule has 2 rings (SSSR count). The zero-order valence-electron chi connectivity index (χ0n) is 14.0. The number of rotatable bonds is 7. The van der Waals surface area contributed by atoms with Crippen LogP contribution in [0.3, 0.4) is 0 Å². The summed E-state index contributed by atoms with van der Waals surface area (Å²) in [6, 6.07) is 3.98. The van der Waals surface area contributed by atoms with Crippen LogP contribution in [0, 0.1) is 0 Å². The quantitative estimate of drug-likeness (QED) is 0.703. The van der Waals surface area contributed by atoms with Crippen LogP contribution in [-0.2, 0) is 12.8 Å². The van der Waals surface area contributed by atoms with Crippen LogP contribution >= 0.6 is 0 Å². The molecule has 0 saturated heterocycles. The van der Waals surface area contributed by atoms with Crippen molar-refractivity contribution >= 4 is 11.6 Å². The van der Waals surface area contributed by atoms with Crippen LogP contribution in [0.1, 0.15) is 84.7 Å². The summed E-state index contributed by atoms with van der Waals surface area (Å²) >= 11 is 0. The molecule has 2 heteroatoms. The molecule has 2 nitrogen and oxygen atoms in total. The maximum absolute atomic E-state index is 12.5. The molecule has 0 heterocycles. The fourth-order valence-electron chi connectivity index (χ4n) is 3.02. The first-order valence-electron chi connectivity index (χ1n) is 8.57. The summed E-state index contributed by atoms with van der Waals surface area (Å²) in [6.45, 7) is 6.28. The zero-order chi connectivity index (χ0) is 16.1. The van der Waals surface area contributed by atoms with Gasteiger partial charge in [-0.15, -0.1) is 0 Å². The van der Waals surface area contributed by atoms with Crippen molar-refractivity contribution in [2.75, 3.05) is 0 Å². The molecule has 0 saturated carbocycles. The van der Waals surface area contributed by atoms with E-state index in [-0.39, 0.29) is 11.6 Å². The van der Waals surface area contributed by atoms with Crippen LogP contribution in [0.2, 0.25) is 0 Å². The van der Waals surface area contributed by atoms with Crippen molar-refractivity contribution < 1.29 is 9.59 Å². The maximum atomic E-state index is 12.5. The number of Topliss-reactive ketones (excluding diaryl/α,β-unsaturated/α-hetero) is 1. The molecular formula is C20H26O2. The van der Waals surface area contributed by atoms with Gasteiger partial charge in [-0.3, -0.25) is 9.59 Å². The van der Waals surface area contributed by atoms with Crippen LogP contribution in [-0.4, -0.2) is 11.6 Å². The Hall–Kier alpha value is -1.70. The van der Waals surface area contributed by atoms with Crippen LogP contribution in [0.15, 0.2) is 23.8 Å². The third kappa shape index (κ3) is 3.37. The number of carbonyl (C=O) groups is 2. The molecule has 1 aliphatic carbocycles. The molecule has 0 amide bonds. The standard InChI is InChI=1S/C20H26O2/c1-4-7-9-15-11-17-18(12-16(15)10-8-5-2)20(22)14(6-3)13-19(17)21/h11-13H,4-10H2,1-3H3. The lowest BCUT2D eigenvalue weighted by molar-refractivity contribution is 0.0982. The van der Waals surface area contributed by atoms with Crippen molar-refractivity contribution in [2.24, 2.45) is 0 Å². The number of ketones is 2. The first kappa shape index (κ1) is 16.7. The Balaban J connectivity index is 2.46. The predicted molar refractivity (Wildman–Crippen MR) is 90.7 cm³/mol. The van der Waals surface area contributed by atoms with Gasteiger partial charge >= 0.3 is 0 Å². The van der Waals surface area contributed by atoms with Crippen LogP contribution in [0.25, 0.3) is 0 Å². The Morgan fingerprint density at radius 1 is 0.818 bits per heavy atom. The molecule has 22 heavy (non-hydrogen) atoms. The molecule has 0 fully saturated rings. The molecule has 0 N–H and O–H groups in total. The van der Waals surface area contributed by atoms with Gasteiger partial charge < -0.3 is 0 Å². The van der Waals surface area contributed by atoms with E-state index in [9.17, 15) is 9.59 Å². The van der Waals surface area contributed by atoms with Crippen molar-refractivity contribution in [3.8, 4) is 0 Å². The van der Waals surface area contributed by atoms with E-state index in [1.807, 2.05) is 19.1 Å². The lowest BCUT2D eigenvalue weighted by Gasteiger charge is -2.18. The molecule has 0 unspecified atom stereocenters. The number of fused-ring (bicyclic) bond motifs is 1. The molecule has 1 aromatic carbocycles. The number of hydrogen-bond acceptors (Lipinski definition) is 2. The van der Waals surface area contributed by atoms with Crippen molar-refractivity contribution in [1.82, 2.24) is 0 Å². The fourth-order valence-corrected chi connectivity index (χ4v) is 3.02. The second-order valence-electron chi connectivity index (χ2n) is 6.09. The molecule has 0 aromatic heterocycles. The maximum Gasteiger partial charge on any atom is 0.189 e. The number of aryl methyl sites for hydroxylation is 2. The topological polar surface area (TPSA) is 34.1 Å². The summed E-state index contributed by atoms with van der Waals surface area (Å²) in [5.41, 5.74) is 4.38. The van der Waals surface area contributed by atoms with Crippen molar-refractivity contribution in [3.63, 3.8) is 0 Å². The third-order valence-electron chi connectivity index (χ3n) is 4.43. The smallest absolute Gasteiger partial charge is 0.189 e. The molecule has 118 valence electrons. The van der Waals surface area contributed by atoms with E-state index in [2.05, 4.69) is 13.8 Å². The molecule has 1 aliphatic rings. The van der Waals surface area contributed by atoms with Gasteiger partial charge in [0, 0.05) is 16.7 Å².